The van der Waals surface area contributed by atoms with E-state index in [1.54, 1.807) is 18.7 Å². The fourth-order valence-corrected chi connectivity index (χ4v) is 2.99. The largest absolute Gasteiger partial charge is 0.472 e. The third-order valence-corrected chi connectivity index (χ3v) is 4.21. The van der Waals surface area contributed by atoms with Crippen LogP contribution >= 0.6 is 11.6 Å². The van der Waals surface area contributed by atoms with E-state index in [0.717, 1.165) is 43.4 Å². The second-order valence-corrected chi connectivity index (χ2v) is 6.12. The highest BCUT2D eigenvalue weighted by Gasteiger charge is 2.25. The standard InChI is InChI=1S/C17H22ClN5O/c1-2-19-17(21-10-13-6-9-24-12-13)22-14-5-8-23(11-14)16-15(18)4-3-7-20-16/h3-4,6-7,9,12,14H,2,5,8,10-11H2,1H3,(H2,19,21,22). The van der Waals surface area contributed by atoms with Crippen molar-refractivity contribution in [2.24, 2.45) is 4.99 Å². The van der Waals surface area contributed by atoms with E-state index >= 15 is 0 Å². The molecule has 1 saturated heterocycles. The van der Waals surface area contributed by atoms with Crippen molar-refractivity contribution in [2.45, 2.75) is 25.9 Å². The first-order valence-corrected chi connectivity index (χ1v) is 8.55. The van der Waals surface area contributed by atoms with Crippen LogP contribution in [-0.4, -0.2) is 36.6 Å². The maximum Gasteiger partial charge on any atom is 0.191 e. The number of anilines is 1. The highest BCUT2D eigenvalue weighted by Crippen LogP contribution is 2.25. The molecule has 3 rings (SSSR count). The number of halogens is 1. The molecule has 3 heterocycles. The van der Waals surface area contributed by atoms with E-state index in [1.807, 2.05) is 18.2 Å². The van der Waals surface area contributed by atoms with Crippen LogP contribution in [0.5, 0.6) is 0 Å². The van der Waals surface area contributed by atoms with Gasteiger partial charge in [0.1, 0.15) is 5.82 Å². The molecule has 0 amide bonds. The average molecular weight is 348 g/mol. The van der Waals surface area contributed by atoms with Gasteiger partial charge in [0.25, 0.3) is 0 Å². The molecule has 0 aromatic carbocycles. The van der Waals surface area contributed by atoms with E-state index < -0.39 is 0 Å². The Morgan fingerprint density at radius 2 is 2.42 bits per heavy atom. The zero-order valence-corrected chi connectivity index (χ0v) is 14.5. The zero-order chi connectivity index (χ0) is 16.8. The third kappa shape index (κ3) is 4.20. The number of pyridine rings is 1. The summed E-state index contributed by atoms with van der Waals surface area (Å²) in [5.74, 6) is 1.67. The van der Waals surface area contributed by atoms with E-state index in [0.29, 0.717) is 17.6 Å². The predicted molar refractivity (Wildman–Crippen MR) is 96.5 cm³/mol. The molecule has 2 aromatic rings. The van der Waals surface area contributed by atoms with Gasteiger partial charge in [-0.25, -0.2) is 9.98 Å². The average Bonchev–Trinajstić information content (AvgIpc) is 3.25. The van der Waals surface area contributed by atoms with Gasteiger partial charge >= 0.3 is 0 Å². The zero-order valence-electron chi connectivity index (χ0n) is 13.7. The van der Waals surface area contributed by atoms with Crippen molar-refractivity contribution in [3.05, 3.63) is 47.5 Å². The summed E-state index contributed by atoms with van der Waals surface area (Å²) in [6.45, 7) is 5.25. The topological polar surface area (TPSA) is 65.7 Å². The molecule has 1 unspecified atom stereocenters. The van der Waals surface area contributed by atoms with Gasteiger partial charge < -0.3 is 20.0 Å². The van der Waals surface area contributed by atoms with Gasteiger partial charge in [-0.3, -0.25) is 0 Å². The molecule has 128 valence electrons. The number of hydrogen-bond acceptors (Lipinski definition) is 4. The third-order valence-electron chi connectivity index (χ3n) is 3.91. The lowest BCUT2D eigenvalue weighted by atomic mass is 10.3. The monoisotopic (exact) mass is 347 g/mol. The SMILES string of the molecule is CCNC(=NCc1ccoc1)NC1CCN(c2ncccc2Cl)C1. The van der Waals surface area contributed by atoms with E-state index in [4.69, 9.17) is 16.0 Å². The Bertz CT molecular complexity index is 673. The molecule has 1 fully saturated rings. The Morgan fingerprint density at radius 1 is 1.50 bits per heavy atom. The first-order valence-electron chi connectivity index (χ1n) is 8.17. The van der Waals surface area contributed by atoms with Gasteiger partial charge in [-0.1, -0.05) is 11.6 Å². The van der Waals surface area contributed by atoms with Crippen molar-refractivity contribution in [3.8, 4) is 0 Å². The van der Waals surface area contributed by atoms with Crippen LogP contribution in [0.15, 0.2) is 46.3 Å². The van der Waals surface area contributed by atoms with Crippen molar-refractivity contribution in [2.75, 3.05) is 24.5 Å². The van der Waals surface area contributed by atoms with Gasteiger partial charge in [-0.05, 0) is 31.5 Å². The summed E-state index contributed by atoms with van der Waals surface area (Å²) in [6, 6.07) is 5.96. The van der Waals surface area contributed by atoms with Crippen molar-refractivity contribution in [3.63, 3.8) is 0 Å². The maximum absolute atomic E-state index is 6.24. The van der Waals surface area contributed by atoms with Crippen LogP contribution in [0, 0.1) is 0 Å². The molecule has 1 aliphatic heterocycles. The lowest BCUT2D eigenvalue weighted by molar-refractivity contribution is 0.564. The smallest absolute Gasteiger partial charge is 0.191 e. The lowest BCUT2D eigenvalue weighted by Crippen LogP contribution is -2.44. The number of nitrogens with zero attached hydrogens (tertiary/aromatic N) is 3. The highest BCUT2D eigenvalue weighted by atomic mass is 35.5. The molecule has 1 aliphatic rings. The quantitative estimate of drug-likeness (QED) is 0.643. The molecule has 1 atom stereocenters. The predicted octanol–water partition coefficient (Wildman–Crippen LogP) is 2.66. The number of rotatable bonds is 5. The molecule has 7 heteroatoms. The molecule has 0 spiro atoms. The summed E-state index contributed by atoms with van der Waals surface area (Å²) in [6.07, 6.45) is 6.17. The maximum atomic E-state index is 6.24. The minimum atomic E-state index is 0.310. The van der Waals surface area contributed by atoms with Crippen molar-refractivity contribution in [1.29, 1.82) is 0 Å². The van der Waals surface area contributed by atoms with E-state index in [-0.39, 0.29) is 0 Å². The summed E-state index contributed by atoms with van der Waals surface area (Å²) in [7, 11) is 0. The van der Waals surface area contributed by atoms with Gasteiger partial charge in [-0.2, -0.15) is 0 Å². The van der Waals surface area contributed by atoms with E-state index in [1.165, 1.54) is 0 Å². The number of aliphatic imine (C=N–C) groups is 1. The fourth-order valence-electron chi connectivity index (χ4n) is 2.75. The second-order valence-electron chi connectivity index (χ2n) is 5.71. The summed E-state index contributed by atoms with van der Waals surface area (Å²) in [5.41, 5.74) is 1.06. The number of hydrogen-bond donors (Lipinski definition) is 2. The van der Waals surface area contributed by atoms with Crippen LogP contribution in [0.2, 0.25) is 5.02 Å². The van der Waals surface area contributed by atoms with Crippen LogP contribution in [0.4, 0.5) is 5.82 Å². The minimum Gasteiger partial charge on any atom is -0.472 e. The molecule has 24 heavy (non-hydrogen) atoms. The minimum absolute atomic E-state index is 0.310. The van der Waals surface area contributed by atoms with E-state index in [2.05, 4.69) is 32.4 Å². The Hall–Kier alpha value is -2.21. The number of furan rings is 1. The van der Waals surface area contributed by atoms with Crippen LogP contribution in [0.3, 0.4) is 0 Å². The summed E-state index contributed by atoms with van der Waals surface area (Å²) >= 11 is 6.24. The highest BCUT2D eigenvalue weighted by molar-refractivity contribution is 6.32. The van der Waals surface area contributed by atoms with Gasteiger partial charge in [0.2, 0.25) is 0 Å². The van der Waals surface area contributed by atoms with Crippen LogP contribution in [-0.2, 0) is 6.54 Å². The van der Waals surface area contributed by atoms with Crippen molar-refractivity contribution < 1.29 is 4.42 Å². The van der Waals surface area contributed by atoms with Crippen LogP contribution in [0.25, 0.3) is 0 Å². The normalized spacial score (nSPS) is 18.0. The molecule has 2 aromatic heterocycles. The Kier molecular flexibility index (Phi) is 5.59. The summed E-state index contributed by atoms with van der Waals surface area (Å²) < 4.78 is 5.08. The fraction of sp³-hybridized carbons (Fsp3) is 0.412. The molecule has 0 bridgehead atoms. The van der Waals surface area contributed by atoms with Crippen molar-refractivity contribution >= 4 is 23.4 Å². The molecule has 0 saturated carbocycles. The Morgan fingerprint density at radius 3 is 3.17 bits per heavy atom. The van der Waals surface area contributed by atoms with Crippen LogP contribution in [0.1, 0.15) is 18.9 Å². The van der Waals surface area contributed by atoms with E-state index in [9.17, 15) is 0 Å². The van der Waals surface area contributed by atoms with Gasteiger partial charge in [0.05, 0.1) is 24.1 Å². The molecular weight excluding hydrogens is 326 g/mol. The van der Waals surface area contributed by atoms with Crippen LogP contribution < -0.4 is 15.5 Å². The van der Waals surface area contributed by atoms with Crippen molar-refractivity contribution in [1.82, 2.24) is 15.6 Å². The number of nitrogens with one attached hydrogen (secondary N) is 2. The summed E-state index contributed by atoms with van der Waals surface area (Å²) in [4.78, 5) is 11.2. The Labute approximate surface area is 146 Å². The first kappa shape index (κ1) is 16.6. The molecular formula is C17H22ClN5O. The Balaban J connectivity index is 1.60. The molecule has 0 radical (unpaired) electrons. The van der Waals surface area contributed by atoms with Gasteiger partial charge in [0, 0.05) is 37.4 Å². The number of aromatic nitrogens is 1. The van der Waals surface area contributed by atoms with Gasteiger partial charge in [-0.15, -0.1) is 0 Å². The lowest BCUT2D eigenvalue weighted by Gasteiger charge is -2.20. The summed E-state index contributed by atoms with van der Waals surface area (Å²) in [5, 5.41) is 7.47. The molecule has 0 aliphatic carbocycles. The number of guanidine groups is 1. The molecule has 2 N–H and O–H groups in total. The second kappa shape index (κ2) is 8.06. The molecule has 6 nitrogen and oxygen atoms in total. The van der Waals surface area contributed by atoms with Gasteiger partial charge in [0.15, 0.2) is 5.96 Å². The first-order chi connectivity index (χ1) is 11.8.